The Labute approximate surface area is 241 Å². The van der Waals surface area contributed by atoms with Gasteiger partial charge in [-0.2, -0.15) is 0 Å². The van der Waals surface area contributed by atoms with Crippen LogP contribution in [0.25, 0.3) is 5.76 Å². The lowest BCUT2D eigenvalue weighted by Gasteiger charge is -2.50. The van der Waals surface area contributed by atoms with E-state index in [4.69, 9.17) is 5.73 Å². The fourth-order valence-corrected chi connectivity index (χ4v) is 7.34. The molecule has 1 aromatic carbocycles. The average molecular weight is 587 g/mol. The molecule has 0 saturated heterocycles. The third-order valence-electron chi connectivity index (χ3n) is 9.50. The Morgan fingerprint density at radius 1 is 1.21 bits per heavy atom. The summed E-state index contributed by atoms with van der Waals surface area (Å²) < 4.78 is 16.3. The van der Waals surface area contributed by atoms with Crippen molar-refractivity contribution >= 4 is 34.8 Å². The van der Waals surface area contributed by atoms with Gasteiger partial charge in [-0.3, -0.25) is 29.0 Å². The molecule has 5 rings (SSSR count). The number of amides is 2. The van der Waals surface area contributed by atoms with Gasteiger partial charge in [0.2, 0.25) is 11.7 Å². The van der Waals surface area contributed by atoms with Crippen molar-refractivity contribution in [2.45, 2.75) is 57.3 Å². The fraction of sp³-hybridized carbons (Fsp3) is 0.517. The highest BCUT2D eigenvalue weighted by molar-refractivity contribution is 6.24. The summed E-state index contributed by atoms with van der Waals surface area (Å²) in [5.74, 6) is -9.58. The van der Waals surface area contributed by atoms with Crippen molar-refractivity contribution in [1.29, 1.82) is 0 Å². The molecule has 4 aliphatic rings. The van der Waals surface area contributed by atoms with E-state index in [9.17, 15) is 39.6 Å². The molecule has 0 bridgehead atoms. The van der Waals surface area contributed by atoms with Gasteiger partial charge in [-0.05, 0) is 45.8 Å². The van der Waals surface area contributed by atoms with Crippen LogP contribution in [0.4, 0.5) is 10.1 Å². The van der Waals surface area contributed by atoms with E-state index < -0.39 is 92.7 Å². The van der Waals surface area contributed by atoms with Gasteiger partial charge in [0.25, 0.3) is 5.91 Å². The van der Waals surface area contributed by atoms with Crippen LogP contribution in [0.3, 0.4) is 0 Å². The number of nitrogens with one attached hydrogen (secondary N) is 1. The number of carbonyl (C=O) groups excluding carboxylic acids is 4. The molecule has 0 spiro atoms. The summed E-state index contributed by atoms with van der Waals surface area (Å²) in [6, 6.07) is -1.87. The highest BCUT2D eigenvalue weighted by Crippen LogP contribution is 2.54. The van der Waals surface area contributed by atoms with Crippen LogP contribution < -0.4 is 11.1 Å². The van der Waals surface area contributed by atoms with Crippen molar-refractivity contribution in [2.75, 3.05) is 26.5 Å². The average Bonchev–Trinajstić information content (AvgIpc) is 3.03. The molecule has 13 heteroatoms. The maximum Gasteiger partial charge on any atom is 0.255 e. The molecule has 0 aromatic heterocycles. The van der Waals surface area contributed by atoms with Crippen LogP contribution in [-0.4, -0.2) is 92.4 Å². The molecule has 1 fully saturated rings. The number of anilines is 1. The van der Waals surface area contributed by atoms with Gasteiger partial charge >= 0.3 is 0 Å². The van der Waals surface area contributed by atoms with Crippen LogP contribution >= 0.6 is 0 Å². The van der Waals surface area contributed by atoms with E-state index >= 15 is 4.39 Å². The number of nitrogens with zero attached hydrogens (tertiary/aromatic N) is 2. The molecule has 12 nitrogen and oxygen atoms in total. The van der Waals surface area contributed by atoms with Gasteiger partial charge in [-0.1, -0.05) is 20.3 Å². The Bertz CT molecular complexity index is 1520. The number of fused-ring (bicyclic) bond motifs is 4. The van der Waals surface area contributed by atoms with Gasteiger partial charge in [0.1, 0.15) is 22.9 Å². The molecule has 2 amide bonds. The van der Waals surface area contributed by atoms with Crippen molar-refractivity contribution in [3.63, 3.8) is 0 Å². The van der Waals surface area contributed by atoms with Crippen molar-refractivity contribution in [2.24, 2.45) is 23.5 Å². The zero-order valence-electron chi connectivity index (χ0n) is 24.0. The van der Waals surface area contributed by atoms with Gasteiger partial charge in [0.15, 0.2) is 17.1 Å². The second-order valence-corrected chi connectivity index (χ2v) is 12.1. The molecule has 42 heavy (non-hydrogen) atoms. The highest BCUT2D eigenvalue weighted by atomic mass is 19.1. The van der Waals surface area contributed by atoms with E-state index in [-0.39, 0.29) is 42.1 Å². The van der Waals surface area contributed by atoms with Crippen LogP contribution in [0.15, 0.2) is 16.9 Å². The minimum absolute atomic E-state index is 0.0217. The number of nitrogens with two attached hydrogens (primary N) is 1. The van der Waals surface area contributed by atoms with Crippen LogP contribution in [0.2, 0.25) is 0 Å². The first-order valence-corrected chi connectivity index (χ1v) is 13.8. The Kier molecular flexibility index (Phi) is 6.99. The van der Waals surface area contributed by atoms with Gasteiger partial charge in [0, 0.05) is 29.2 Å². The number of phenolic OH excluding ortho intramolecular Hbond substituents is 1. The summed E-state index contributed by atoms with van der Waals surface area (Å²) in [7, 11) is 4.68. The summed E-state index contributed by atoms with van der Waals surface area (Å²) in [4.78, 5) is 55.6. The predicted molar refractivity (Wildman–Crippen MR) is 148 cm³/mol. The van der Waals surface area contributed by atoms with Crippen LogP contribution in [0.1, 0.15) is 43.4 Å². The topological polar surface area (TPSA) is 194 Å². The molecule has 1 aliphatic heterocycles. The molecule has 1 heterocycles. The monoisotopic (exact) mass is 586 g/mol. The Hall–Kier alpha value is -3.81. The van der Waals surface area contributed by atoms with Gasteiger partial charge in [-0.15, -0.1) is 0 Å². The number of hydrogen-bond donors (Lipinski definition) is 6. The quantitative estimate of drug-likeness (QED) is 0.218. The molecule has 6 atom stereocenters. The number of aliphatic hydroxyl groups excluding tert-OH is 2. The SMILES string of the molecule is CCC(C)[C@H]1C(=O)Nc2c(O)c3c(c(F)c2CN1C)CC1C[C@H]2[C@H](N(C)C)C(=O)C(C(N)=O)=C(O)[C@@]2(O)C(=O)C1=C3O. The largest absolute Gasteiger partial charge is 0.508 e. The molecule has 226 valence electrons. The molecule has 1 saturated carbocycles. The third kappa shape index (κ3) is 3.83. The summed E-state index contributed by atoms with van der Waals surface area (Å²) in [6.45, 7) is 3.78. The van der Waals surface area contributed by atoms with Crippen molar-refractivity contribution in [1.82, 2.24) is 9.80 Å². The number of benzene rings is 1. The number of rotatable bonds is 4. The van der Waals surface area contributed by atoms with E-state index in [1.165, 1.54) is 19.0 Å². The Morgan fingerprint density at radius 2 is 1.86 bits per heavy atom. The maximum atomic E-state index is 16.3. The maximum absolute atomic E-state index is 16.3. The predicted octanol–water partition coefficient (Wildman–Crippen LogP) is 0.902. The van der Waals surface area contributed by atoms with Crippen LogP contribution in [0, 0.1) is 23.6 Å². The first kappa shape index (κ1) is 29.7. The van der Waals surface area contributed by atoms with E-state index in [1.807, 2.05) is 13.8 Å². The Morgan fingerprint density at radius 3 is 2.43 bits per heavy atom. The van der Waals surface area contributed by atoms with Crippen LogP contribution in [0.5, 0.6) is 5.75 Å². The first-order chi connectivity index (χ1) is 19.6. The molecular formula is C29H35FN4O8. The van der Waals surface area contributed by atoms with Crippen molar-refractivity contribution in [3.05, 3.63) is 39.4 Å². The van der Waals surface area contributed by atoms with Gasteiger partial charge in [-0.25, -0.2) is 4.39 Å². The lowest BCUT2D eigenvalue weighted by molar-refractivity contribution is -0.153. The number of ketones is 2. The third-order valence-corrected chi connectivity index (χ3v) is 9.50. The number of hydrogen-bond acceptors (Lipinski definition) is 10. The number of likely N-dealkylation sites (N-methyl/N-ethyl adjacent to an activating group) is 2. The highest BCUT2D eigenvalue weighted by Gasteiger charge is 2.64. The minimum Gasteiger partial charge on any atom is -0.508 e. The zero-order valence-corrected chi connectivity index (χ0v) is 24.0. The number of halogens is 1. The number of phenols is 1. The van der Waals surface area contributed by atoms with E-state index in [0.29, 0.717) is 6.42 Å². The van der Waals surface area contributed by atoms with E-state index in [1.54, 1.807) is 11.9 Å². The second kappa shape index (κ2) is 9.89. The molecule has 2 unspecified atom stereocenters. The smallest absolute Gasteiger partial charge is 0.255 e. The van der Waals surface area contributed by atoms with Gasteiger partial charge in [0.05, 0.1) is 23.3 Å². The Balaban J connectivity index is 1.71. The van der Waals surface area contributed by atoms with E-state index in [2.05, 4.69) is 5.32 Å². The molecule has 0 radical (unpaired) electrons. The first-order valence-electron chi connectivity index (χ1n) is 13.8. The standard InChI is InChI=1S/C29H35FN4O8/c1-6-10(2)20-28(41)32-19-13(9-34(20)5)18(30)12-7-11-8-14-21(33(3)4)24(37)17(27(31)40)26(39)29(14,42)25(38)15(11)22(35)16(12)23(19)36/h10-11,14,20-21,35-36,39,42H,6-9H2,1-5H3,(H2,31,40)(H,32,41)/t10?,11?,14-,20-,21-,29-/m0/s1. The molecule has 7 N–H and O–H groups in total. The summed E-state index contributed by atoms with van der Waals surface area (Å²) in [6.07, 6.45) is 0.323. The zero-order chi connectivity index (χ0) is 31.2. The summed E-state index contributed by atoms with van der Waals surface area (Å²) in [5.41, 5.74) is 0.525. The number of aromatic hydroxyl groups is 1. The minimum atomic E-state index is -2.80. The normalized spacial score (nSPS) is 30.3. The number of Topliss-reactive ketones (excluding diaryl/α,β-unsaturated/α-hetero) is 2. The lowest BCUT2D eigenvalue weighted by atomic mass is 9.57. The van der Waals surface area contributed by atoms with E-state index in [0.717, 1.165) is 0 Å². The van der Waals surface area contributed by atoms with Crippen molar-refractivity contribution in [3.8, 4) is 5.75 Å². The lowest BCUT2D eigenvalue weighted by Crippen LogP contribution is -2.65. The fourth-order valence-electron chi connectivity index (χ4n) is 7.34. The van der Waals surface area contributed by atoms with Gasteiger partial charge < -0.3 is 31.5 Å². The molecular weight excluding hydrogens is 551 g/mol. The molecule has 1 aromatic rings. The second-order valence-electron chi connectivity index (χ2n) is 12.1. The number of aliphatic hydroxyl groups is 3. The summed E-state index contributed by atoms with van der Waals surface area (Å²) >= 11 is 0. The molecule has 3 aliphatic carbocycles. The summed E-state index contributed by atoms with van der Waals surface area (Å²) in [5, 5.41) is 48.0. The number of carbonyl (C=O) groups is 4. The van der Waals surface area contributed by atoms with Crippen molar-refractivity contribution < 1.29 is 44.0 Å². The van der Waals surface area contributed by atoms with Crippen LogP contribution in [-0.2, 0) is 32.1 Å². The number of primary amides is 1.